The number of aromatic nitrogens is 3. The molecule has 1 aromatic carbocycles. The Balaban J connectivity index is 0.00000210. The summed E-state index contributed by atoms with van der Waals surface area (Å²) in [5, 5.41) is 4.30. The zero-order chi connectivity index (χ0) is 25.8. The fourth-order valence-electron chi connectivity index (χ4n) is 4.68. The van der Waals surface area contributed by atoms with E-state index in [1.54, 1.807) is 21.7 Å². The molecule has 1 aliphatic heterocycles. The smallest absolute Gasteiger partial charge is 0.350 e. The predicted molar refractivity (Wildman–Crippen MR) is 142 cm³/mol. The van der Waals surface area contributed by atoms with Gasteiger partial charge in [-0.25, -0.2) is 18.4 Å². The van der Waals surface area contributed by atoms with Gasteiger partial charge in [0.25, 0.3) is 0 Å². The summed E-state index contributed by atoms with van der Waals surface area (Å²) in [6.45, 7) is 13.6. The van der Waals surface area contributed by atoms with E-state index < -0.39 is 0 Å². The van der Waals surface area contributed by atoms with E-state index >= 15 is 0 Å². The van der Waals surface area contributed by atoms with E-state index in [-0.39, 0.29) is 17.6 Å². The minimum atomic E-state index is -0.185. The number of allylic oxidation sites excluding steroid dienone is 2. The maximum absolute atomic E-state index is 13.7. The van der Waals surface area contributed by atoms with E-state index in [4.69, 9.17) is 4.74 Å². The first-order chi connectivity index (χ1) is 16.9. The summed E-state index contributed by atoms with van der Waals surface area (Å²) in [7, 11) is 0. The highest BCUT2D eigenvalue weighted by molar-refractivity contribution is 5.30. The lowest BCUT2D eigenvalue weighted by Gasteiger charge is -2.44. The number of likely N-dealkylation sites (tertiary alicyclic amines) is 1. The zero-order valence-electron chi connectivity index (χ0n) is 22.3. The van der Waals surface area contributed by atoms with Crippen molar-refractivity contribution in [2.45, 2.75) is 92.0 Å². The minimum absolute atomic E-state index is 0.110. The van der Waals surface area contributed by atoms with E-state index in [9.17, 15) is 9.18 Å². The lowest BCUT2D eigenvalue weighted by Crippen LogP contribution is -2.50. The average molecular weight is 487 g/mol. The van der Waals surface area contributed by atoms with Gasteiger partial charge in [-0.05, 0) is 58.6 Å². The normalized spacial score (nSPS) is 21.5. The molecule has 0 N–H and O–H groups in total. The molecule has 1 aromatic heterocycles. The molecule has 0 saturated carbocycles. The van der Waals surface area contributed by atoms with Gasteiger partial charge in [-0.2, -0.15) is 5.10 Å². The second-order valence-corrected chi connectivity index (χ2v) is 8.81. The fourth-order valence-corrected chi connectivity index (χ4v) is 4.68. The number of rotatable bonds is 10. The van der Waals surface area contributed by atoms with Crippen LogP contribution >= 0.6 is 0 Å². The molecule has 3 rings (SSSR count). The van der Waals surface area contributed by atoms with Crippen molar-refractivity contribution >= 4 is 0 Å². The molecule has 0 spiro atoms. The van der Waals surface area contributed by atoms with Crippen LogP contribution in [0.15, 0.2) is 65.0 Å². The molecule has 6 nitrogen and oxygen atoms in total. The van der Waals surface area contributed by atoms with Crippen LogP contribution in [0.3, 0.4) is 0 Å². The maximum Gasteiger partial charge on any atom is 0.350 e. The van der Waals surface area contributed by atoms with Gasteiger partial charge in [0.15, 0.2) is 0 Å². The van der Waals surface area contributed by atoms with Crippen molar-refractivity contribution in [3.8, 4) is 5.69 Å². The van der Waals surface area contributed by atoms with E-state index in [0.29, 0.717) is 30.8 Å². The van der Waals surface area contributed by atoms with Gasteiger partial charge in [0.1, 0.15) is 12.2 Å². The number of hydrogen-bond acceptors (Lipinski definition) is 4. The van der Waals surface area contributed by atoms with Gasteiger partial charge >= 0.3 is 5.69 Å². The van der Waals surface area contributed by atoms with Crippen LogP contribution in [0.1, 0.15) is 67.2 Å². The number of halogens is 1. The largest absolute Gasteiger partial charge is 0.373 e. The highest BCUT2D eigenvalue weighted by atomic mass is 19.1. The van der Waals surface area contributed by atoms with Gasteiger partial charge < -0.3 is 4.74 Å². The average Bonchev–Trinajstić information content (AvgIpc) is 3.24. The summed E-state index contributed by atoms with van der Waals surface area (Å²) in [4.78, 5) is 15.2. The quantitative estimate of drug-likeness (QED) is 0.391. The van der Waals surface area contributed by atoms with Crippen molar-refractivity contribution < 1.29 is 9.13 Å². The van der Waals surface area contributed by atoms with Crippen molar-refractivity contribution in [1.29, 1.82) is 0 Å². The summed E-state index contributed by atoms with van der Waals surface area (Å²) < 4.78 is 22.9. The lowest BCUT2D eigenvalue weighted by atomic mass is 9.92. The molecule has 0 bridgehead atoms. The molecular weight excluding hydrogens is 443 g/mol. The van der Waals surface area contributed by atoms with Crippen LogP contribution in [0.5, 0.6) is 0 Å². The lowest BCUT2D eigenvalue weighted by molar-refractivity contribution is -0.0320. The molecule has 194 valence electrons. The van der Waals surface area contributed by atoms with Crippen molar-refractivity contribution in [3.63, 3.8) is 0 Å². The maximum atomic E-state index is 13.7. The van der Waals surface area contributed by atoms with Crippen molar-refractivity contribution in [2.24, 2.45) is 0 Å². The fraction of sp³-hybridized carbons (Fsp3) is 0.571. The third kappa shape index (κ3) is 8.00. The van der Waals surface area contributed by atoms with E-state index in [2.05, 4.69) is 23.8 Å². The standard InChI is InChI=1S/C26H37FN4O2.C2H6/c1-5-11-22(21(4)27)18-33-25-16-20(3)29(23(6-2)17-25)14-10-15-31-26(32)30(19-28-31)24-12-8-7-9-13-24;1-2/h5,7-9,11-13,19-20,23,25H,6,10,14-18H2,1-4H3;1-2H3/b11-5-,22-21-;. The van der Waals surface area contributed by atoms with E-state index in [0.717, 1.165) is 37.9 Å². The third-order valence-electron chi connectivity index (χ3n) is 6.48. The zero-order valence-corrected chi connectivity index (χ0v) is 22.3. The molecule has 3 unspecified atom stereocenters. The van der Waals surface area contributed by atoms with Crippen LogP contribution in [0, 0.1) is 0 Å². The predicted octanol–water partition coefficient (Wildman–Crippen LogP) is 5.92. The Labute approximate surface area is 210 Å². The first-order valence-electron chi connectivity index (χ1n) is 13.0. The molecular formula is C28H43FN4O2. The van der Waals surface area contributed by atoms with Crippen LogP contribution in [-0.2, 0) is 11.3 Å². The number of benzene rings is 1. The highest BCUT2D eigenvalue weighted by Gasteiger charge is 2.32. The van der Waals surface area contributed by atoms with E-state index in [1.165, 1.54) is 6.92 Å². The second kappa shape index (κ2) is 14.8. The van der Waals surface area contributed by atoms with Gasteiger partial charge in [0, 0.05) is 30.7 Å². The van der Waals surface area contributed by atoms with Crippen LogP contribution in [0.4, 0.5) is 4.39 Å². The van der Waals surface area contributed by atoms with Gasteiger partial charge in [0.05, 0.1) is 18.4 Å². The first kappa shape index (κ1) is 28.7. The van der Waals surface area contributed by atoms with Gasteiger partial charge in [-0.15, -0.1) is 0 Å². The monoisotopic (exact) mass is 486 g/mol. The summed E-state index contributed by atoms with van der Waals surface area (Å²) in [6.07, 6.45) is 9.10. The molecule has 1 fully saturated rings. The van der Waals surface area contributed by atoms with E-state index in [1.807, 2.05) is 57.2 Å². The number of ether oxygens (including phenoxy) is 1. The number of piperidine rings is 1. The molecule has 0 radical (unpaired) electrons. The Hall–Kier alpha value is -2.51. The molecule has 2 heterocycles. The van der Waals surface area contributed by atoms with Gasteiger partial charge in [-0.3, -0.25) is 4.90 Å². The van der Waals surface area contributed by atoms with Crippen LogP contribution < -0.4 is 5.69 Å². The van der Waals surface area contributed by atoms with Crippen LogP contribution in [0.25, 0.3) is 5.69 Å². The molecule has 0 amide bonds. The number of aryl methyl sites for hydroxylation is 1. The van der Waals surface area contributed by atoms with Crippen LogP contribution in [-0.4, -0.2) is 50.6 Å². The Morgan fingerprint density at radius 3 is 2.54 bits per heavy atom. The minimum Gasteiger partial charge on any atom is -0.373 e. The third-order valence-corrected chi connectivity index (χ3v) is 6.48. The Kier molecular flexibility index (Phi) is 12.1. The molecule has 7 heteroatoms. The summed E-state index contributed by atoms with van der Waals surface area (Å²) in [6, 6.07) is 10.3. The second-order valence-electron chi connectivity index (χ2n) is 8.81. The molecule has 0 aliphatic carbocycles. The van der Waals surface area contributed by atoms with Gasteiger partial charge in [0.2, 0.25) is 0 Å². The number of hydrogen-bond donors (Lipinski definition) is 0. The molecule has 3 atom stereocenters. The van der Waals surface area contributed by atoms with Gasteiger partial charge in [-0.1, -0.05) is 51.1 Å². The topological polar surface area (TPSA) is 52.3 Å². The van der Waals surface area contributed by atoms with Crippen LogP contribution in [0.2, 0.25) is 0 Å². The molecule has 35 heavy (non-hydrogen) atoms. The Bertz CT molecular complexity index is 992. The molecule has 2 aromatic rings. The Morgan fingerprint density at radius 1 is 1.20 bits per heavy atom. The number of para-hydroxylation sites is 1. The summed E-state index contributed by atoms with van der Waals surface area (Å²) >= 11 is 0. The summed E-state index contributed by atoms with van der Waals surface area (Å²) in [5.74, 6) is -0.185. The van der Waals surface area contributed by atoms with Crippen molar-refractivity contribution in [3.05, 3.63) is 70.7 Å². The molecule has 1 saturated heterocycles. The SMILES string of the molecule is C/C=C\C(COC1CC(C)N(CCCn2ncn(-c3ccccc3)c2=O)C(CC)C1)=C(/C)F.CC. The molecule has 1 aliphatic rings. The van der Waals surface area contributed by atoms with Crippen molar-refractivity contribution in [1.82, 2.24) is 19.2 Å². The first-order valence-corrected chi connectivity index (χ1v) is 13.0. The Morgan fingerprint density at radius 2 is 1.91 bits per heavy atom. The van der Waals surface area contributed by atoms with Crippen molar-refractivity contribution in [2.75, 3.05) is 13.2 Å². The highest BCUT2D eigenvalue weighted by Crippen LogP contribution is 2.28. The summed E-state index contributed by atoms with van der Waals surface area (Å²) in [5.41, 5.74) is 1.33. The number of nitrogens with zero attached hydrogens (tertiary/aromatic N) is 4.